The van der Waals surface area contributed by atoms with E-state index in [1.54, 1.807) is 0 Å². The second kappa shape index (κ2) is 5.79. The first-order chi connectivity index (χ1) is 8.60. The van der Waals surface area contributed by atoms with Gasteiger partial charge in [-0.3, -0.25) is 0 Å². The Morgan fingerprint density at radius 3 is 2.32 bits per heavy atom. The van der Waals surface area contributed by atoms with Gasteiger partial charge in [0.15, 0.2) is 0 Å². The van der Waals surface area contributed by atoms with E-state index in [4.69, 9.17) is 27.5 Å². The standard InChI is InChI=1S/C9H4Cl2F3NO2S2/c10-3-5-1-2-7(18-9(12,13)14)6(4-15)8(5)19(11,16)17/h1-2H,3H2. The van der Waals surface area contributed by atoms with Crippen molar-refractivity contribution >= 4 is 43.1 Å². The SMILES string of the molecule is N#Cc1c(SC(F)(F)F)ccc(CCl)c1S(=O)(=O)Cl. The molecule has 0 amide bonds. The van der Waals surface area contributed by atoms with Gasteiger partial charge in [-0.05, 0) is 23.4 Å². The van der Waals surface area contributed by atoms with E-state index in [0.717, 1.165) is 12.1 Å². The Morgan fingerprint density at radius 2 is 1.95 bits per heavy atom. The Bertz CT molecular complexity index is 638. The molecule has 0 bridgehead atoms. The first-order valence-electron chi connectivity index (χ1n) is 4.42. The van der Waals surface area contributed by atoms with Crippen LogP contribution in [0, 0.1) is 11.3 Å². The molecule has 0 saturated carbocycles. The molecule has 104 valence electrons. The summed E-state index contributed by atoms with van der Waals surface area (Å²) in [6, 6.07) is 3.51. The van der Waals surface area contributed by atoms with E-state index >= 15 is 0 Å². The van der Waals surface area contributed by atoms with Crippen LogP contribution in [0.1, 0.15) is 11.1 Å². The van der Waals surface area contributed by atoms with Crippen molar-refractivity contribution in [1.82, 2.24) is 0 Å². The number of rotatable bonds is 3. The summed E-state index contributed by atoms with van der Waals surface area (Å²) in [5, 5.41) is 8.88. The summed E-state index contributed by atoms with van der Waals surface area (Å²) in [6.07, 6.45) is 0. The van der Waals surface area contributed by atoms with E-state index in [0.29, 0.717) is 0 Å². The van der Waals surface area contributed by atoms with Gasteiger partial charge in [0, 0.05) is 21.5 Å². The monoisotopic (exact) mass is 349 g/mol. The van der Waals surface area contributed by atoms with Gasteiger partial charge in [-0.15, -0.1) is 11.6 Å². The van der Waals surface area contributed by atoms with Gasteiger partial charge in [0.05, 0.1) is 5.56 Å². The van der Waals surface area contributed by atoms with Crippen LogP contribution in [0.15, 0.2) is 21.9 Å². The largest absolute Gasteiger partial charge is 0.446 e. The third-order valence-corrected chi connectivity index (χ3v) is 4.42. The van der Waals surface area contributed by atoms with Crippen LogP contribution in [0.2, 0.25) is 0 Å². The van der Waals surface area contributed by atoms with Crippen molar-refractivity contribution in [3.8, 4) is 6.07 Å². The summed E-state index contributed by atoms with van der Waals surface area (Å²) < 4.78 is 59.7. The highest BCUT2D eigenvalue weighted by atomic mass is 35.7. The second-order valence-electron chi connectivity index (χ2n) is 3.16. The first-order valence-corrected chi connectivity index (χ1v) is 8.08. The van der Waals surface area contributed by atoms with Gasteiger partial charge in [-0.2, -0.15) is 18.4 Å². The van der Waals surface area contributed by atoms with Crippen LogP contribution in [0.4, 0.5) is 13.2 Å². The van der Waals surface area contributed by atoms with Gasteiger partial charge in [-0.25, -0.2) is 8.42 Å². The lowest BCUT2D eigenvalue weighted by molar-refractivity contribution is -0.0328. The van der Waals surface area contributed by atoms with Crippen molar-refractivity contribution in [2.24, 2.45) is 0 Å². The molecule has 0 spiro atoms. The molecule has 0 atom stereocenters. The maximum atomic E-state index is 12.3. The number of halogens is 5. The molecule has 0 N–H and O–H groups in total. The quantitative estimate of drug-likeness (QED) is 0.472. The molecule has 0 aliphatic rings. The summed E-state index contributed by atoms with van der Waals surface area (Å²) in [6.45, 7) is 0. The zero-order chi connectivity index (χ0) is 14.8. The molecule has 0 aliphatic heterocycles. The molecule has 0 saturated heterocycles. The highest BCUT2D eigenvalue weighted by molar-refractivity contribution is 8.13. The maximum Gasteiger partial charge on any atom is 0.446 e. The van der Waals surface area contributed by atoms with E-state index in [2.05, 4.69) is 0 Å². The summed E-state index contributed by atoms with van der Waals surface area (Å²) in [5.41, 5.74) is -5.34. The molecule has 3 nitrogen and oxygen atoms in total. The zero-order valence-corrected chi connectivity index (χ0v) is 12.0. The van der Waals surface area contributed by atoms with Gasteiger partial charge in [0.2, 0.25) is 0 Å². The fraction of sp³-hybridized carbons (Fsp3) is 0.222. The second-order valence-corrected chi connectivity index (χ2v) is 7.03. The lowest BCUT2D eigenvalue weighted by Crippen LogP contribution is -2.05. The number of hydrogen-bond acceptors (Lipinski definition) is 4. The van der Waals surface area contributed by atoms with Crippen molar-refractivity contribution in [3.05, 3.63) is 23.3 Å². The van der Waals surface area contributed by atoms with Crippen LogP contribution in [-0.2, 0) is 14.9 Å². The van der Waals surface area contributed by atoms with Crippen LogP contribution >= 0.6 is 34.0 Å². The number of alkyl halides is 4. The Labute approximate surface area is 120 Å². The fourth-order valence-corrected chi connectivity index (χ4v) is 3.69. The number of hydrogen-bond donors (Lipinski definition) is 0. The molecule has 0 radical (unpaired) electrons. The Hall–Kier alpha value is -0.620. The van der Waals surface area contributed by atoms with Gasteiger partial charge < -0.3 is 0 Å². The van der Waals surface area contributed by atoms with Crippen LogP contribution in [0.25, 0.3) is 0 Å². The molecule has 1 aromatic carbocycles. The average molecular weight is 350 g/mol. The van der Waals surface area contributed by atoms with Crippen LogP contribution in [0.5, 0.6) is 0 Å². The van der Waals surface area contributed by atoms with Crippen LogP contribution in [0.3, 0.4) is 0 Å². The molecule has 10 heteroatoms. The van der Waals surface area contributed by atoms with Gasteiger partial charge in [-0.1, -0.05) is 6.07 Å². The first kappa shape index (κ1) is 16.4. The third-order valence-electron chi connectivity index (χ3n) is 1.93. The summed E-state index contributed by atoms with van der Waals surface area (Å²) in [4.78, 5) is -1.22. The van der Waals surface area contributed by atoms with Gasteiger partial charge in [0.25, 0.3) is 9.05 Å². The number of thioether (sulfide) groups is 1. The molecule has 0 unspecified atom stereocenters. The smallest absolute Gasteiger partial charge is 0.207 e. The predicted octanol–water partition coefficient (Wildman–Crippen LogP) is 3.84. The zero-order valence-electron chi connectivity index (χ0n) is 8.83. The van der Waals surface area contributed by atoms with Crippen molar-refractivity contribution in [2.75, 3.05) is 0 Å². The van der Waals surface area contributed by atoms with E-state index < -0.39 is 41.7 Å². The minimum Gasteiger partial charge on any atom is -0.207 e. The van der Waals surface area contributed by atoms with Crippen LogP contribution in [-0.4, -0.2) is 13.9 Å². The molecule has 19 heavy (non-hydrogen) atoms. The number of nitrogens with zero attached hydrogens (tertiary/aromatic N) is 1. The molecular formula is C9H4Cl2F3NO2S2. The molecule has 1 aromatic rings. The average Bonchev–Trinajstić information content (AvgIpc) is 2.25. The van der Waals surface area contributed by atoms with E-state index in [9.17, 15) is 21.6 Å². The van der Waals surface area contributed by atoms with E-state index in [1.165, 1.54) is 6.07 Å². The van der Waals surface area contributed by atoms with Gasteiger partial charge in [0.1, 0.15) is 11.0 Å². The molecular weight excluding hydrogens is 346 g/mol. The highest BCUT2D eigenvalue weighted by Gasteiger charge is 2.33. The molecule has 0 aromatic heterocycles. The molecule has 0 aliphatic carbocycles. The summed E-state index contributed by atoms with van der Waals surface area (Å²) in [5.74, 6) is -0.299. The molecule has 0 heterocycles. The van der Waals surface area contributed by atoms with Crippen molar-refractivity contribution in [2.45, 2.75) is 21.2 Å². The third kappa shape index (κ3) is 4.18. The summed E-state index contributed by atoms with van der Waals surface area (Å²) in [7, 11) is 0.760. The Morgan fingerprint density at radius 1 is 1.37 bits per heavy atom. The Balaban J connectivity index is 3.61. The van der Waals surface area contributed by atoms with E-state index in [-0.39, 0.29) is 11.4 Å². The van der Waals surface area contributed by atoms with Crippen LogP contribution < -0.4 is 0 Å². The lowest BCUT2D eigenvalue weighted by atomic mass is 10.1. The highest BCUT2D eigenvalue weighted by Crippen LogP contribution is 2.41. The minimum absolute atomic E-state index is 0.0280. The molecule has 0 fully saturated rings. The van der Waals surface area contributed by atoms with Gasteiger partial charge >= 0.3 is 5.51 Å². The van der Waals surface area contributed by atoms with Crippen molar-refractivity contribution in [3.63, 3.8) is 0 Å². The summed E-state index contributed by atoms with van der Waals surface area (Å²) >= 11 is 4.90. The predicted molar refractivity (Wildman–Crippen MR) is 65.7 cm³/mol. The maximum absolute atomic E-state index is 12.3. The number of benzene rings is 1. The van der Waals surface area contributed by atoms with Crippen molar-refractivity contribution < 1.29 is 21.6 Å². The topological polar surface area (TPSA) is 57.9 Å². The van der Waals surface area contributed by atoms with Crippen molar-refractivity contribution in [1.29, 1.82) is 5.26 Å². The molecule has 1 rings (SSSR count). The normalized spacial score (nSPS) is 12.2. The lowest BCUT2D eigenvalue weighted by Gasteiger charge is -2.12. The van der Waals surface area contributed by atoms with E-state index in [1.807, 2.05) is 0 Å². The number of nitriles is 1. The Kier molecular flexibility index (Phi) is 5.01. The fourth-order valence-electron chi connectivity index (χ4n) is 1.31. The minimum atomic E-state index is -4.65.